The molecule has 1 aromatic rings. The van der Waals surface area contributed by atoms with E-state index in [0.29, 0.717) is 12.2 Å². The van der Waals surface area contributed by atoms with Crippen molar-refractivity contribution in [1.82, 2.24) is 9.78 Å². The molecule has 7 heteroatoms. The van der Waals surface area contributed by atoms with Gasteiger partial charge in [-0.1, -0.05) is 34.6 Å². The third kappa shape index (κ3) is 4.59. The second-order valence-electron chi connectivity index (χ2n) is 8.25. The van der Waals surface area contributed by atoms with Crippen LogP contribution in [0.25, 0.3) is 0 Å². The first-order valence-electron chi connectivity index (χ1n) is 8.26. The molecule has 1 aromatic heterocycles. The van der Waals surface area contributed by atoms with Crippen LogP contribution in [-0.4, -0.2) is 34.6 Å². The number of aromatic nitrogens is 2. The smallest absolute Gasteiger partial charge is 0.246 e. The van der Waals surface area contributed by atoms with Gasteiger partial charge in [-0.05, 0) is 26.2 Å². The number of amides is 1. The van der Waals surface area contributed by atoms with E-state index in [2.05, 4.69) is 10.4 Å². The maximum Gasteiger partial charge on any atom is 0.246 e. The lowest BCUT2D eigenvalue weighted by Crippen LogP contribution is -2.46. The summed E-state index contributed by atoms with van der Waals surface area (Å²) in [4.78, 5) is 12.6. The number of rotatable bonds is 6. The molecule has 1 heterocycles. The Morgan fingerprint density at radius 1 is 1.25 bits per heavy atom. The molecule has 0 atom stereocenters. The topological polar surface area (TPSA) is 81.1 Å². The Labute approximate surface area is 145 Å². The highest BCUT2D eigenvalue weighted by atomic mass is 32.2. The van der Waals surface area contributed by atoms with Crippen molar-refractivity contribution in [3.05, 3.63) is 11.8 Å². The van der Waals surface area contributed by atoms with Gasteiger partial charge in [0, 0.05) is 18.5 Å². The van der Waals surface area contributed by atoms with Gasteiger partial charge in [0.15, 0.2) is 9.84 Å². The van der Waals surface area contributed by atoms with E-state index in [0.717, 1.165) is 5.69 Å². The van der Waals surface area contributed by atoms with Gasteiger partial charge in [0.05, 0.1) is 11.4 Å². The monoisotopic (exact) mass is 357 g/mol. The van der Waals surface area contributed by atoms with Gasteiger partial charge in [0.1, 0.15) is 10.6 Å². The van der Waals surface area contributed by atoms with Crippen LogP contribution in [0.3, 0.4) is 0 Å². The number of aryl methyl sites for hydroxylation is 1. The largest absolute Gasteiger partial charge is 0.310 e. The van der Waals surface area contributed by atoms with Crippen molar-refractivity contribution in [3.63, 3.8) is 0 Å². The predicted molar refractivity (Wildman–Crippen MR) is 97.9 cm³/mol. The molecule has 0 radical (unpaired) electrons. The molecule has 1 amide bonds. The highest BCUT2D eigenvalue weighted by Gasteiger charge is 2.41. The van der Waals surface area contributed by atoms with Gasteiger partial charge in [0.25, 0.3) is 0 Å². The summed E-state index contributed by atoms with van der Waals surface area (Å²) in [6.45, 7) is 12.9. The first-order chi connectivity index (χ1) is 10.7. The van der Waals surface area contributed by atoms with E-state index in [1.54, 1.807) is 17.8 Å². The van der Waals surface area contributed by atoms with E-state index >= 15 is 0 Å². The summed E-state index contributed by atoms with van der Waals surface area (Å²) in [6.07, 6.45) is 0.541. The van der Waals surface area contributed by atoms with Crippen molar-refractivity contribution in [2.75, 3.05) is 11.1 Å². The second-order valence-corrected chi connectivity index (χ2v) is 10.9. The first-order valence-corrected chi connectivity index (χ1v) is 9.92. The van der Waals surface area contributed by atoms with E-state index in [9.17, 15) is 13.2 Å². The van der Waals surface area contributed by atoms with Gasteiger partial charge >= 0.3 is 0 Å². The maximum absolute atomic E-state index is 12.6. The summed E-state index contributed by atoms with van der Waals surface area (Å²) < 4.78 is 25.2. The van der Waals surface area contributed by atoms with Crippen LogP contribution in [0.1, 0.15) is 60.6 Å². The zero-order valence-electron chi connectivity index (χ0n) is 16.1. The molecule has 0 spiro atoms. The van der Waals surface area contributed by atoms with Crippen LogP contribution in [0.2, 0.25) is 0 Å². The molecule has 0 aliphatic rings. The molecule has 138 valence electrons. The lowest BCUT2D eigenvalue weighted by atomic mass is 9.92. The van der Waals surface area contributed by atoms with E-state index in [1.807, 2.05) is 34.6 Å². The third-order valence-corrected chi connectivity index (χ3v) is 6.69. The second kappa shape index (κ2) is 6.86. The lowest BCUT2D eigenvalue weighted by Gasteiger charge is -2.24. The van der Waals surface area contributed by atoms with Crippen molar-refractivity contribution < 1.29 is 13.2 Å². The van der Waals surface area contributed by atoms with Crippen LogP contribution in [-0.2, 0) is 27.1 Å². The van der Waals surface area contributed by atoms with Crippen LogP contribution < -0.4 is 5.32 Å². The quantitative estimate of drug-likeness (QED) is 0.849. The van der Waals surface area contributed by atoms with Gasteiger partial charge in [-0.3, -0.25) is 9.48 Å². The zero-order valence-corrected chi connectivity index (χ0v) is 16.9. The number of nitrogens with one attached hydrogen (secondary N) is 1. The number of nitrogens with zero attached hydrogens (tertiary/aromatic N) is 2. The van der Waals surface area contributed by atoms with E-state index in [4.69, 9.17) is 0 Å². The molecule has 0 aliphatic heterocycles. The number of carbonyl (C=O) groups excluding carboxylic acids is 1. The minimum atomic E-state index is -3.55. The molecule has 0 saturated carbocycles. The van der Waals surface area contributed by atoms with E-state index < -0.39 is 20.5 Å². The fraction of sp³-hybridized carbons (Fsp3) is 0.765. The predicted octanol–water partition coefficient (Wildman–Crippen LogP) is 2.90. The van der Waals surface area contributed by atoms with Crippen molar-refractivity contribution in [2.24, 2.45) is 13.0 Å². The Morgan fingerprint density at radius 3 is 2.21 bits per heavy atom. The summed E-state index contributed by atoms with van der Waals surface area (Å²) >= 11 is 0. The molecule has 0 unspecified atom stereocenters. The van der Waals surface area contributed by atoms with Crippen molar-refractivity contribution in [3.8, 4) is 0 Å². The highest BCUT2D eigenvalue weighted by molar-refractivity contribution is 7.93. The van der Waals surface area contributed by atoms with Gasteiger partial charge in [-0.15, -0.1) is 0 Å². The molecule has 0 aliphatic carbocycles. The van der Waals surface area contributed by atoms with Gasteiger partial charge in [0.2, 0.25) is 5.91 Å². The first kappa shape index (κ1) is 20.7. The molecule has 6 nitrogen and oxygen atoms in total. The lowest BCUT2D eigenvalue weighted by molar-refractivity contribution is -0.117. The highest BCUT2D eigenvalue weighted by Crippen LogP contribution is 2.26. The van der Waals surface area contributed by atoms with Crippen LogP contribution in [0.4, 0.5) is 5.82 Å². The summed E-state index contributed by atoms with van der Waals surface area (Å²) in [5, 5.41) is 7.11. The molecule has 1 rings (SSSR count). The van der Waals surface area contributed by atoms with Crippen molar-refractivity contribution in [2.45, 2.75) is 65.0 Å². The van der Waals surface area contributed by atoms with E-state index in [-0.39, 0.29) is 17.1 Å². The number of sulfone groups is 1. The van der Waals surface area contributed by atoms with E-state index in [1.165, 1.54) is 13.8 Å². The van der Waals surface area contributed by atoms with Crippen molar-refractivity contribution in [1.29, 1.82) is 0 Å². The molecule has 0 aromatic carbocycles. The number of hydrogen-bond donors (Lipinski definition) is 1. The molecule has 24 heavy (non-hydrogen) atoms. The average Bonchev–Trinajstić information content (AvgIpc) is 2.77. The molecule has 0 saturated heterocycles. The summed E-state index contributed by atoms with van der Waals surface area (Å²) in [7, 11) is -1.82. The van der Waals surface area contributed by atoms with Crippen LogP contribution in [0.15, 0.2) is 6.07 Å². The molecule has 1 N–H and O–H groups in total. The van der Waals surface area contributed by atoms with Gasteiger partial charge < -0.3 is 5.32 Å². The average molecular weight is 358 g/mol. The third-order valence-electron chi connectivity index (χ3n) is 4.18. The van der Waals surface area contributed by atoms with Crippen molar-refractivity contribution >= 4 is 21.6 Å². The van der Waals surface area contributed by atoms with Crippen LogP contribution in [0, 0.1) is 5.92 Å². The number of carbonyl (C=O) groups is 1. The summed E-state index contributed by atoms with van der Waals surface area (Å²) in [5.41, 5.74) is 0.681. The Balaban J connectivity index is 3.00. The molecule has 0 fully saturated rings. The number of hydrogen-bond acceptors (Lipinski definition) is 4. The Morgan fingerprint density at radius 2 is 1.79 bits per heavy atom. The standard InChI is InChI=1S/C17H31N3O3S/c1-12(2)9-10-24(22,23)17(6,7)15(21)18-14-11-13(16(3,4)5)19-20(14)8/h11-12H,9-10H2,1-8H3,(H,18,21). The minimum absolute atomic E-state index is 0.00369. The summed E-state index contributed by atoms with van der Waals surface area (Å²) in [5.74, 6) is 0.237. The SMILES string of the molecule is CC(C)CCS(=O)(=O)C(C)(C)C(=O)Nc1cc(C(C)(C)C)nn1C. The Kier molecular flexibility index (Phi) is 5.91. The Bertz CT molecular complexity index is 695. The minimum Gasteiger partial charge on any atom is -0.310 e. The maximum atomic E-state index is 12.6. The van der Waals surface area contributed by atoms with Crippen LogP contribution >= 0.6 is 0 Å². The fourth-order valence-corrected chi connectivity index (χ4v) is 3.63. The molecule has 0 bridgehead atoms. The zero-order chi connectivity index (χ0) is 18.9. The van der Waals surface area contributed by atoms with Gasteiger partial charge in [-0.25, -0.2) is 8.42 Å². The van der Waals surface area contributed by atoms with Crippen LogP contribution in [0.5, 0.6) is 0 Å². The number of anilines is 1. The Hall–Kier alpha value is -1.37. The normalized spacial score (nSPS) is 13.4. The summed E-state index contributed by atoms with van der Waals surface area (Å²) in [6, 6.07) is 1.79. The molecular formula is C17H31N3O3S. The van der Waals surface area contributed by atoms with Gasteiger partial charge in [-0.2, -0.15) is 5.10 Å². The molecular weight excluding hydrogens is 326 g/mol. The fourth-order valence-electron chi connectivity index (χ4n) is 2.00.